The first kappa shape index (κ1) is 18.4. The van der Waals surface area contributed by atoms with Crippen LogP contribution in [0.1, 0.15) is 25.3 Å². The number of rotatable bonds is 5. The van der Waals surface area contributed by atoms with E-state index in [1.165, 1.54) is 18.2 Å². The lowest BCUT2D eigenvalue weighted by atomic mass is 10.1. The number of benzene rings is 1. The van der Waals surface area contributed by atoms with Gasteiger partial charge in [-0.2, -0.15) is 0 Å². The number of amides is 1. The number of hydrogen-bond acceptors (Lipinski definition) is 5. The average molecular weight is 344 g/mol. The van der Waals surface area contributed by atoms with Gasteiger partial charge in [-0.15, -0.1) is 0 Å². The number of nitro groups is 1. The Labute approximate surface area is 145 Å². The van der Waals surface area contributed by atoms with Crippen LogP contribution >= 0.6 is 0 Å². The minimum Gasteiger partial charge on any atom is -0.459 e. The first-order chi connectivity index (χ1) is 11.9. The molecule has 7 nitrogen and oxygen atoms in total. The number of carbonyl (C=O) groups is 2. The molecule has 1 aliphatic rings. The molecule has 0 radical (unpaired) electrons. The smallest absolute Gasteiger partial charge is 0.333 e. The largest absolute Gasteiger partial charge is 0.459 e. The van der Waals surface area contributed by atoms with Gasteiger partial charge in [-0.3, -0.25) is 14.9 Å². The van der Waals surface area contributed by atoms with Crippen LogP contribution in [0.2, 0.25) is 0 Å². The van der Waals surface area contributed by atoms with Gasteiger partial charge in [0.05, 0.1) is 10.5 Å². The summed E-state index contributed by atoms with van der Waals surface area (Å²) < 4.78 is 5.28. The van der Waals surface area contributed by atoms with Crippen LogP contribution in [0.5, 0.6) is 0 Å². The van der Waals surface area contributed by atoms with Crippen molar-refractivity contribution in [3.05, 3.63) is 58.2 Å². The summed E-state index contributed by atoms with van der Waals surface area (Å²) in [5.74, 6) is -0.635. The molecule has 0 bridgehead atoms. The molecule has 1 aromatic carbocycles. The maximum atomic E-state index is 12.2. The van der Waals surface area contributed by atoms with Crippen LogP contribution in [0.3, 0.4) is 0 Å². The van der Waals surface area contributed by atoms with Crippen LogP contribution in [0.25, 0.3) is 6.08 Å². The highest BCUT2D eigenvalue weighted by atomic mass is 16.6. The molecule has 2 rings (SSSR count). The number of nitrogens with zero attached hydrogens (tertiary/aromatic N) is 2. The molecule has 7 heteroatoms. The van der Waals surface area contributed by atoms with E-state index in [1.54, 1.807) is 30.0 Å². The number of nitro benzene ring substituents is 1. The molecule has 0 spiro atoms. The highest BCUT2D eigenvalue weighted by Crippen LogP contribution is 2.20. The van der Waals surface area contributed by atoms with Gasteiger partial charge in [0.25, 0.3) is 5.69 Å². The number of piperidine rings is 1. The summed E-state index contributed by atoms with van der Waals surface area (Å²) in [7, 11) is 0. The Balaban J connectivity index is 1.92. The summed E-state index contributed by atoms with van der Waals surface area (Å²) in [6.45, 7) is 6.06. The molecule has 1 fully saturated rings. The maximum Gasteiger partial charge on any atom is 0.333 e. The number of carbonyl (C=O) groups excluding carboxylic acids is 2. The van der Waals surface area contributed by atoms with E-state index in [9.17, 15) is 19.7 Å². The molecule has 0 aromatic heterocycles. The second-order valence-electron chi connectivity index (χ2n) is 5.86. The highest BCUT2D eigenvalue weighted by Gasteiger charge is 2.24. The fraction of sp³-hybridized carbons (Fsp3) is 0.333. The van der Waals surface area contributed by atoms with E-state index in [-0.39, 0.29) is 17.7 Å². The summed E-state index contributed by atoms with van der Waals surface area (Å²) in [5, 5.41) is 11.0. The van der Waals surface area contributed by atoms with Gasteiger partial charge < -0.3 is 9.64 Å². The van der Waals surface area contributed by atoms with Gasteiger partial charge in [-0.1, -0.05) is 18.7 Å². The number of ether oxygens (including phenoxy) is 1. The molecule has 1 aliphatic heterocycles. The second kappa shape index (κ2) is 8.23. The molecule has 0 unspecified atom stereocenters. The van der Waals surface area contributed by atoms with Crippen molar-refractivity contribution >= 4 is 23.6 Å². The molecule has 0 saturated carbocycles. The van der Waals surface area contributed by atoms with Crippen molar-refractivity contribution in [2.24, 2.45) is 0 Å². The number of hydrogen-bond donors (Lipinski definition) is 0. The first-order valence-corrected chi connectivity index (χ1v) is 7.95. The van der Waals surface area contributed by atoms with Crippen LogP contribution in [0, 0.1) is 10.1 Å². The number of likely N-dealkylation sites (tertiary alicyclic amines) is 1. The molecule has 0 aliphatic carbocycles. The molecule has 0 N–H and O–H groups in total. The van der Waals surface area contributed by atoms with Crippen LogP contribution in [0.15, 0.2) is 42.5 Å². The number of esters is 1. The monoisotopic (exact) mass is 344 g/mol. The van der Waals surface area contributed by atoms with Crippen LogP contribution in [0.4, 0.5) is 5.69 Å². The van der Waals surface area contributed by atoms with Crippen molar-refractivity contribution in [1.82, 2.24) is 4.90 Å². The third-order valence-electron chi connectivity index (χ3n) is 3.91. The van der Waals surface area contributed by atoms with Crippen LogP contribution in [-0.2, 0) is 14.3 Å². The Morgan fingerprint density at radius 2 is 1.96 bits per heavy atom. The molecule has 1 saturated heterocycles. The van der Waals surface area contributed by atoms with Gasteiger partial charge in [0.1, 0.15) is 6.10 Å². The minimum atomic E-state index is -0.481. The Hall–Kier alpha value is -2.96. The van der Waals surface area contributed by atoms with Crippen molar-refractivity contribution in [2.45, 2.75) is 25.9 Å². The molecular weight excluding hydrogens is 324 g/mol. The van der Waals surface area contributed by atoms with E-state index in [2.05, 4.69) is 6.58 Å². The summed E-state index contributed by atoms with van der Waals surface area (Å²) in [4.78, 5) is 35.9. The van der Waals surface area contributed by atoms with E-state index in [1.807, 2.05) is 0 Å². The zero-order valence-electron chi connectivity index (χ0n) is 14.0. The molecule has 1 aromatic rings. The molecule has 0 atom stereocenters. The number of para-hydroxylation sites is 1. The fourth-order valence-corrected chi connectivity index (χ4v) is 2.51. The van der Waals surface area contributed by atoms with Gasteiger partial charge in [-0.05, 0) is 19.1 Å². The molecular formula is C18H20N2O5. The van der Waals surface area contributed by atoms with Gasteiger partial charge in [0.2, 0.25) is 5.91 Å². The SMILES string of the molecule is C=C(C)C(=O)OC1CCN(C(=O)/C=C/c2ccccc2[N+](=O)[O-])CC1. The van der Waals surface area contributed by atoms with E-state index >= 15 is 0 Å². The predicted molar refractivity (Wildman–Crippen MR) is 92.6 cm³/mol. The third kappa shape index (κ3) is 5.00. The van der Waals surface area contributed by atoms with Crippen molar-refractivity contribution in [3.63, 3.8) is 0 Å². The van der Waals surface area contributed by atoms with Crippen molar-refractivity contribution in [1.29, 1.82) is 0 Å². The van der Waals surface area contributed by atoms with Crippen LogP contribution < -0.4 is 0 Å². The summed E-state index contributed by atoms with van der Waals surface area (Å²) in [6, 6.07) is 6.24. The topological polar surface area (TPSA) is 89.8 Å². The van der Waals surface area contributed by atoms with Gasteiger partial charge in [0, 0.05) is 43.6 Å². The van der Waals surface area contributed by atoms with Crippen molar-refractivity contribution in [2.75, 3.05) is 13.1 Å². The molecule has 132 valence electrons. The van der Waals surface area contributed by atoms with Crippen molar-refractivity contribution < 1.29 is 19.2 Å². The minimum absolute atomic E-state index is 0.0445. The Kier molecular flexibility index (Phi) is 6.05. The zero-order chi connectivity index (χ0) is 18.4. The standard InChI is InChI=1S/C18H20N2O5/c1-13(2)18(22)25-15-9-11-19(12-10-15)17(21)8-7-14-5-3-4-6-16(14)20(23)24/h3-8,15H,1,9-12H2,2H3/b8-7+. The van der Waals surface area contributed by atoms with Crippen LogP contribution in [-0.4, -0.2) is 40.9 Å². The van der Waals surface area contributed by atoms with Gasteiger partial charge >= 0.3 is 5.97 Å². The highest BCUT2D eigenvalue weighted by molar-refractivity contribution is 5.92. The van der Waals surface area contributed by atoms with E-state index < -0.39 is 10.9 Å². The Bertz CT molecular complexity index is 718. The lowest BCUT2D eigenvalue weighted by molar-refractivity contribution is -0.385. The second-order valence-corrected chi connectivity index (χ2v) is 5.86. The molecule has 1 amide bonds. The summed E-state index contributed by atoms with van der Waals surface area (Å²) in [6.07, 6.45) is 3.69. The summed E-state index contributed by atoms with van der Waals surface area (Å²) in [5.41, 5.74) is 0.689. The van der Waals surface area contributed by atoms with Gasteiger partial charge in [-0.25, -0.2) is 4.79 Å². The lowest BCUT2D eigenvalue weighted by Crippen LogP contribution is -2.40. The van der Waals surface area contributed by atoms with Crippen molar-refractivity contribution in [3.8, 4) is 0 Å². The third-order valence-corrected chi connectivity index (χ3v) is 3.91. The maximum absolute atomic E-state index is 12.2. The zero-order valence-corrected chi connectivity index (χ0v) is 14.0. The first-order valence-electron chi connectivity index (χ1n) is 7.95. The fourth-order valence-electron chi connectivity index (χ4n) is 2.51. The normalized spacial score (nSPS) is 15.2. The van der Waals surface area contributed by atoms with Gasteiger partial charge in [0.15, 0.2) is 0 Å². The van der Waals surface area contributed by atoms with E-state index in [0.717, 1.165) is 0 Å². The molecule has 25 heavy (non-hydrogen) atoms. The molecule has 1 heterocycles. The van der Waals surface area contributed by atoms with E-state index in [0.29, 0.717) is 37.1 Å². The average Bonchev–Trinajstić information content (AvgIpc) is 2.60. The Morgan fingerprint density at radius 1 is 1.32 bits per heavy atom. The lowest BCUT2D eigenvalue weighted by Gasteiger charge is -2.31. The Morgan fingerprint density at radius 3 is 2.56 bits per heavy atom. The van der Waals surface area contributed by atoms with E-state index in [4.69, 9.17) is 4.74 Å². The quantitative estimate of drug-likeness (QED) is 0.354. The predicted octanol–water partition coefficient (Wildman–Crippen LogP) is 2.72. The summed E-state index contributed by atoms with van der Waals surface area (Å²) >= 11 is 0.